The van der Waals surface area contributed by atoms with E-state index in [2.05, 4.69) is 5.32 Å². The molecule has 50 heavy (non-hydrogen) atoms. The predicted octanol–water partition coefficient (Wildman–Crippen LogP) is 6.24. The van der Waals surface area contributed by atoms with Crippen molar-refractivity contribution in [2.45, 2.75) is 69.9 Å². The molecule has 3 aromatic carbocycles. The van der Waals surface area contributed by atoms with Crippen LogP contribution in [0.1, 0.15) is 74.2 Å². The molecule has 0 aliphatic carbocycles. The van der Waals surface area contributed by atoms with Crippen LogP contribution in [-0.2, 0) is 34.6 Å². The SMILES string of the molecule is CCOC(=O)N1C(=O)[C@]2(c3ccc(Cl)cc31)[C@@H](c1cc(Cl)ccc1OC(CC)(CC)C(=O)NS(C)(=O)=O)CC(=O)N[C@H]2c1cc(F)ccc1C. The molecule has 0 unspecified atom stereocenters. The zero-order valence-electron chi connectivity index (χ0n) is 27.9. The number of halogens is 3. The summed E-state index contributed by atoms with van der Waals surface area (Å²) in [6.07, 6.45) is -0.416. The number of fused-ring (bicyclic) bond motifs is 2. The Balaban J connectivity index is 1.85. The largest absolute Gasteiger partial charge is 0.477 e. The number of nitrogens with one attached hydrogen (secondary N) is 2. The van der Waals surface area contributed by atoms with Crippen LogP contribution in [0.25, 0.3) is 0 Å². The first-order chi connectivity index (χ1) is 23.5. The van der Waals surface area contributed by atoms with E-state index >= 15 is 9.18 Å². The summed E-state index contributed by atoms with van der Waals surface area (Å²) >= 11 is 13.0. The Hall–Kier alpha value is -4.20. The number of hydrogen-bond acceptors (Lipinski definition) is 8. The monoisotopic (exact) mass is 747 g/mol. The Morgan fingerprint density at radius 3 is 2.32 bits per heavy atom. The number of carbonyl (C=O) groups excluding carboxylic acids is 4. The van der Waals surface area contributed by atoms with Gasteiger partial charge in [-0.1, -0.05) is 49.2 Å². The van der Waals surface area contributed by atoms with Crippen molar-refractivity contribution in [3.05, 3.63) is 92.7 Å². The summed E-state index contributed by atoms with van der Waals surface area (Å²) in [6, 6.07) is 11.8. The number of nitrogens with zero attached hydrogens (tertiary/aromatic N) is 1. The van der Waals surface area contributed by atoms with Crippen LogP contribution in [0.2, 0.25) is 10.0 Å². The molecule has 0 saturated carbocycles. The van der Waals surface area contributed by atoms with Gasteiger partial charge in [0, 0.05) is 27.9 Å². The van der Waals surface area contributed by atoms with Crippen LogP contribution in [0.5, 0.6) is 5.75 Å². The van der Waals surface area contributed by atoms with Gasteiger partial charge in [0.2, 0.25) is 21.8 Å². The first kappa shape index (κ1) is 37.1. The highest BCUT2D eigenvalue weighted by atomic mass is 35.5. The Morgan fingerprint density at radius 1 is 1.02 bits per heavy atom. The van der Waals surface area contributed by atoms with E-state index < -0.39 is 62.6 Å². The first-order valence-corrected chi connectivity index (χ1v) is 18.5. The van der Waals surface area contributed by atoms with Crippen LogP contribution in [-0.4, -0.2) is 50.7 Å². The highest BCUT2D eigenvalue weighted by Crippen LogP contribution is 2.61. The van der Waals surface area contributed by atoms with Gasteiger partial charge in [-0.2, -0.15) is 0 Å². The van der Waals surface area contributed by atoms with Gasteiger partial charge < -0.3 is 14.8 Å². The number of piperidine rings is 1. The lowest BCUT2D eigenvalue weighted by Gasteiger charge is -2.47. The molecule has 3 atom stereocenters. The molecule has 0 radical (unpaired) electrons. The molecular formula is C35H36Cl2FN3O8S. The molecule has 266 valence electrons. The fourth-order valence-electron chi connectivity index (χ4n) is 7.03. The number of benzene rings is 3. The molecule has 11 nitrogen and oxygen atoms in total. The van der Waals surface area contributed by atoms with E-state index in [1.54, 1.807) is 33.8 Å². The molecule has 4 amide bonds. The second-order valence-electron chi connectivity index (χ2n) is 12.3. The lowest BCUT2D eigenvalue weighted by molar-refractivity contribution is -0.136. The minimum absolute atomic E-state index is 0.0330. The van der Waals surface area contributed by atoms with Gasteiger partial charge in [0.05, 0.1) is 24.6 Å². The van der Waals surface area contributed by atoms with E-state index in [0.717, 1.165) is 11.2 Å². The molecule has 1 spiro atoms. The van der Waals surface area contributed by atoms with Gasteiger partial charge in [-0.15, -0.1) is 0 Å². The zero-order chi connectivity index (χ0) is 36.8. The van der Waals surface area contributed by atoms with E-state index in [0.29, 0.717) is 5.56 Å². The summed E-state index contributed by atoms with van der Waals surface area (Å²) in [7, 11) is -3.98. The molecule has 2 aliphatic heterocycles. The van der Waals surface area contributed by atoms with Crippen molar-refractivity contribution in [1.82, 2.24) is 10.0 Å². The zero-order valence-corrected chi connectivity index (χ0v) is 30.3. The molecule has 15 heteroatoms. The van der Waals surface area contributed by atoms with Crippen LogP contribution in [0.15, 0.2) is 54.6 Å². The van der Waals surface area contributed by atoms with E-state index in [9.17, 15) is 22.8 Å². The second kappa shape index (κ2) is 13.8. The maximum atomic E-state index is 15.2. The topological polar surface area (TPSA) is 148 Å². The summed E-state index contributed by atoms with van der Waals surface area (Å²) in [5.41, 5.74) is -2.15. The predicted molar refractivity (Wildman–Crippen MR) is 185 cm³/mol. The minimum atomic E-state index is -3.98. The molecule has 0 bridgehead atoms. The molecule has 2 aliphatic rings. The normalized spacial score (nSPS) is 20.4. The molecule has 1 saturated heterocycles. The lowest BCUT2D eigenvalue weighted by atomic mass is 9.58. The average molecular weight is 749 g/mol. The first-order valence-electron chi connectivity index (χ1n) is 15.9. The average Bonchev–Trinajstić information content (AvgIpc) is 3.29. The number of carbonyl (C=O) groups is 4. The Morgan fingerprint density at radius 2 is 1.68 bits per heavy atom. The molecule has 2 heterocycles. The van der Waals surface area contributed by atoms with Crippen molar-refractivity contribution >= 4 is 62.7 Å². The standard InChI is InChI=1S/C35H36Cl2FN3O8S/c1-6-34(7-2,31(43)40-50(5,46)47)49-28-14-11-20(36)15-24(28)26-18-29(42)39-30(23-17-22(38)12-9-19(23)4)35(26)25-13-10-21(37)16-27(25)41(32(35)44)33(45)48-8-3/h9-17,26,30H,6-8,18H2,1-5H3,(H,39,42)(H,40,43)/t26-,30+,35-/m1/s1. The third-order valence-electron chi connectivity index (χ3n) is 9.39. The number of anilines is 1. The van der Waals surface area contributed by atoms with Gasteiger partial charge in [0.1, 0.15) is 17.0 Å². The molecule has 0 aromatic heterocycles. The Bertz CT molecular complexity index is 2010. The third kappa shape index (κ3) is 6.42. The molecule has 2 N–H and O–H groups in total. The van der Waals surface area contributed by atoms with Crippen molar-refractivity contribution in [1.29, 1.82) is 0 Å². The van der Waals surface area contributed by atoms with Crippen molar-refractivity contribution in [2.75, 3.05) is 17.8 Å². The summed E-state index contributed by atoms with van der Waals surface area (Å²) < 4.78 is 53.0. The molecule has 3 aromatic rings. The maximum Gasteiger partial charge on any atom is 0.421 e. The number of aryl methyl sites for hydroxylation is 1. The van der Waals surface area contributed by atoms with Gasteiger partial charge in [-0.05, 0) is 85.8 Å². The van der Waals surface area contributed by atoms with E-state index in [4.69, 9.17) is 32.7 Å². The van der Waals surface area contributed by atoms with Gasteiger partial charge in [-0.3, -0.25) is 14.4 Å². The van der Waals surface area contributed by atoms with E-state index in [1.165, 1.54) is 48.5 Å². The minimum Gasteiger partial charge on any atom is -0.477 e. The number of hydrogen-bond donors (Lipinski definition) is 2. The summed E-state index contributed by atoms with van der Waals surface area (Å²) in [5.74, 6) is -3.96. The summed E-state index contributed by atoms with van der Waals surface area (Å²) in [6.45, 7) is 6.53. The van der Waals surface area contributed by atoms with Gasteiger partial charge in [0.25, 0.3) is 5.91 Å². The Labute approximate surface area is 299 Å². The smallest absolute Gasteiger partial charge is 0.421 e. The fourth-order valence-corrected chi connectivity index (χ4v) is 7.90. The number of amides is 4. The number of imide groups is 1. The second-order valence-corrected chi connectivity index (χ2v) is 14.9. The van der Waals surface area contributed by atoms with Crippen LogP contribution in [0.3, 0.4) is 0 Å². The highest BCUT2D eigenvalue weighted by molar-refractivity contribution is 7.89. The fraction of sp³-hybridized carbons (Fsp3) is 0.371. The van der Waals surface area contributed by atoms with Gasteiger partial charge in [0.15, 0.2) is 5.60 Å². The quantitative estimate of drug-likeness (QED) is 0.262. The summed E-state index contributed by atoms with van der Waals surface area (Å²) in [5, 5.41) is 3.31. The van der Waals surface area contributed by atoms with Crippen molar-refractivity contribution in [2.24, 2.45) is 0 Å². The third-order valence-corrected chi connectivity index (χ3v) is 10.4. The molecule has 5 rings (SSSR count). The molecule has 1 fully saturated rings. The molecular weight excluding hydrogens is 712 g/mol. The number of sulfonamides is 1. The van der Waals surface area contributed by atoms with E-state index in [1.807, 2.05) is 4.72 Å². The Kier molecular flexibility index (Phi) is 10.3. The van der Waals surface area contributed by atoms with Gasteiger partial charge in [-0.25, -0.2) is 27.2 Å². The highest BCUT2D eigenvalue weighted by Gasteiger charge is 2.65. The van der Waals surface area contributed by atoms with Crippen molar-refractivity contribution < 1.29 is 41.5 Å². The number of ether oxygens (including phenoxy) is 2. The van der Waals surface area contributed by atoms with Crippen LogP contribution in [0.4, 0.5) is 14.9 Å². The van der Waals surface area contributed by atoms with Gasteiger partial charge >= 0.3 is 6.09 Å². The van der Waals surface area contributed by atoms with E-state index in [-0.39, 0.29) is 64.0 Å². The summed E-state index contributed by atoms with van der Waals surface area (Å²) in [4.78, 5) is 56.9. The van der Waals surface area contributed by atoms with Crippen molar-refractivity contribution in [3.8, 4) is 5.75 Å². The van der Waals surface area contributed by atoms with Crippen LogP contribution >= 0.6 is 23.2 Å². The van der Waals surface area contributed by atoms with Crippen LogP contribution in [0, 0.1) is 12.7 Å². The number of rotatable bonds is 9. The van der Waals surface area contributed by atoms with Crippen LogP contribution < -0.4 is 19.7 Å². The lowest BCUT2D eigenvalue weighted by Crippen LogP contribution is -2.59. The van der Waals surface area contributed by atoms with Crippen molar-refractivity contribution in [3.63, 3.8) is 0 Å². The maximum absolute atomic E-state index is 15.2.